The first-order valence-electron chi connectivity index (χ1n) is 5.31. The molecule has 3 rings (SSSR count). The third-order valence-electron chi connectivity index (χ3n) is 3.05. The second-order valence-electron chi connectivity index (χ2n) is 4.30. The molecule has 1 saturated carbocycles. The van der Waals surface area contributed by atoms with Crippen LogP contribution < -0.4 is 0 Å². The molecule has 0 amide bonds. The van der Waals surface area contributed by atoms with Gasteiger partial charge in [0.1, 0.15) is 11.6 Å². The average molecular weight is 234 g/mol. The number of benzene rings is 2. The molecule has 1 aliphatic carbocycles. The smallest absolute Gasteiger partial charge is 0.127 e. The molecular formula is C13H11FOS. The molecule has 0 atom stereocenters. The van der Waals surface area contributed by atoms with Crippen LogP contribution in [0.15, 0.2) is 29.2 Å². The molecule has 1 N–H and O–H groups in total. The maximum Gasteiger partial charge on any atom is 0.127 e. The topological polar surface area (TPSA) is 20.2 Å². The molecule has 1 aliphatic rings. The van der Waals surface area contributed by atoms with Gasteiger partial charge in [0.2, 0.25) is 0 Å². The van der Waals surface area contributed by atoms with Crippen molar-refractivity contribution in [2.75, 3.05) is 0 Å². The van der Waals surface area contributed by atoms with Crippen molar-refractivity contribution in [2.24, 2.45) is 0 Å². The summed E-state index contributed by atoms with van der Waals surface area (Å²) < 4.78 is 13.8. The predicted octanol–water partition coefficient (Wildman–Crippen LogP) is 3.85. The summed E-state index contributed by atoms with van der Waals surface area (Å²) >= 11 is 4.33. The zero-order chi connectivity index (χ0) is 11.3. The van der Waals surface area contributed by atoms with E-state index in [0.717, 1.165) is 29.2 Å². The lowest BCUT2D eigenvalue weighted by atomic mass is 10.00. The summed E-state index contributed by atoms with van der Waals surface area (Å²) in [6.45, 7) is 0. The van der Waals surface area contributed by atoms with Gasteiger partial charge in [-0.2, -0.15) is 0 Å². The van der Waals surface area contributed by atoms with Gasteiger partial charge in [-0.1, -0.05) is 6.07 Å². The van der Waals surface area contributed by atoms with E-state index in [9.17, 15) is 9.50 Å². The Morgan fingerprint density at radius 3 is 2.69 bits per heavy atom. The van der Waals surface area contributed by atoms with Crippen LogP contribution in [-0.2, 0) is 0 Å². The molecule has 0 aliphatic heterocycles. The van der Waals surface area contributed by atoms with E-state index in [1.165, 1.54) is 6.07 Å². The molecule has 0 bridgehead atoms. The summed E-state index contributed by atoms with van der Waals surface area (Å²) in [6.07, 6.45) is 2.09. The lowest BCUT2D eigenvalue weighted by Crippen LogP contribution is -1.91. The molecule has 0 heterocycles. The minimum absolute atomic E-state index is 0.156. The van der Waals surface area contributed by atoms with Gasteiger partial charge in [0.05, 0.1) is 0 Å². The van der Waals surface area contributed by atoms with Gasteiger partial charge in [0, 0.05) is 10.3 Å². The molecule has 1 fully saturated rings. The number of thiol groups is 1. The quantitative estimate of drug-likeness (QED) is 0.718. The fourth-order valence-corrected chi connectivity index (χ4v) is 2.58. The van der Waals surface area contributed by atoms with Crippen molar-refractivity contribution in [1.82, 2.24) is 0 Å². The molecule has 3 heteroatoms. The molecule has 2 aromatic rings. The Morgan fingerprint density at radius 1 is 1.25 bits per heavy atom. The van der Waals surface area contributed by atoms with Gasteiger partial charge in [-0.3, -0.25) is 0 Å². The van der Waals surface area contributed by atoms with Crippen LogP contribution in [0, 0.1) is 5.82 Å². The van der Waals surface area contributed by atoms with E-state index in [1.54, 1.807) is 18.2 Å². The van der Waals surface area contributed by atoms with Crippen LogP contribution in [0.4, 0.5) is 4.39 Å². The minimum Gasteiger partial charge on any atom is -0.508 e. The van der Waals surface area contributed by atoms with Crippen LogP contribution in [0.3, 0.4) is 0 Å². The van der Waals surface area contributed by atoms with Gasteiger partial charge in [0.25, 0.3) is 0 Å². The molecule has 0 aromatic heterocycles. The molecule has 0 spiro atoms. The molecule has 0 unspecified atom stereocenters. The van der Waals surface area contributed by atoms with Gasteiger partial charge in [-0.15, -0.1) is 12.6 Å². The van der Waals surface area contributed by atoms with E-state index < -0.39 is 0 Å². The number of halogens is 1. The van der Waals surface area contributed by atoms with Gasteiger partial charge in [-0.05, 0) is 47.9 Å². The zero-order valence-electron chi connectivity index (χ0n) is 8.57. The van der Waals surface area contributed by atoms with E-state index in [4.69, 9.17) is 0 Å². The Morgan fingerprint density at radius 2 is 2.00 bits per heavy atom. The number of hydrogen-bond donors (Lipinski definition) is 2. The Balaban J connectivity index is 2.41. The van der Waals surface area contributed by atoms with Crippen molar-refractivity contribution < 1.29 is 9.50 Å². The maximum atomic E-state index is 13.8. The summed E-state index contributed by atoms with van der Waals surface area (Å²) in [6, 6.07) is 6.38. The molecular weight excluding hydrogens is 223 g/mol. The number of rotatable bonds is 1. The third-order valence-corrected chi connectivity index (χ3v) is 3.41. The first-order chi connectivity index (χ1) is 7.66. The molecule has 0 saturated heterocycles. The number of aromatic hydroxyl groups is 1. The van der Waals surface area contributed by atoms with Crippen LogP contribution in [0.2, 0.25) is 0 Å². The zero-order valence-corrected chi connectivity index (χ0v) is 9.47. The lowest BCUT2D eigenvalue weighted by molar-refractivity contribution is 0.475. The number of phenols is 1. The van der Waals surface area contributed by atoms with E-state index in [1.807, 2.05) is 0 Å². The summed E-state index contributed by atoms with van der Waals surface area (Å²) in [4.78, 5) is 0.649. The highest BCUT2D eigenvalue weighted by Crippen LogP contribution is 2.46. The minimum atomic E-state index is -0.156. The molecule has 1 nitrogen and oxygen atoms in total. The van der Waals surface area contributed by atoms with Crippen molar-refractivity contribution in [3.05, 3.63) is 35.6 Å². The van der Waals surface area contributed by atoms with Crippen LogP contribution in [-0.4, -0.2) is 5.11 Å². The first kappa shape index (κ1) is 9.97. The number of phenolic OH excluding ortho intramolecular Hbond substituents is 1. The van der Waals surface area contributed by atoms with Crippen molar-refractivity contribution in [3.8, 4) is 5.75 Å². The molecule has 0 radical (unpaired) electrons. The summed E-state index contributed by atoms with van der Waals surface area (Å²) in [5.41, 5.74) is 0.766. The second kappa shape index (κ2) is 3.39. The summed E-state index contributed by atoms with van der Waals surface area (Å²) in [5.74, 6) is 0.348. The average Bonchev–Trinajstić information content (AvgIpc) is 3.02. The van der Waals surface area contributed by atoms with Crippen molar-refractivity contribution >= 4 is 23.4 Å². The van der Waals surface area contributed by atoms with Crippen LogP contribution in [0.1, 0.15) is 24.3 Å². The van der Waals surface area contributed by atoms with Crippen LogP contribution in [0.25, 0.3) is 10.8 Å². The summed E-state index contributed by atoms with van der Waals surface area (Å²) in [7, 11) is 0. The van der Waals surface area contributed by atoms with E-state index in [2.05, 4.69) is 12.6 Å². The monoisotopic (exact) mass is 234 g/mol. The van der Waals surface area contributed by atoms with E-state index in [0.29, 0.717) is 10.8 Å². The highest BCUT2D eigenvalue weighted by atomic mass is 32.1. The number of hydrogen-bond acceptors (Lipinski definition) is 2. The third kappa shape index (κ3) is 1.47. The lowest BCUT2D eigenvalue weighted by Gasteiger charge is -2.09. The van der Waals surface area contributed by atoms with E-state index in [-0.39, 0.29) is 11.6 Å². The van der Waals surface area contributed by atoms with Crippen molar-refractivity contribution in [2.45, 2.75) is 23.7 Å². The number of fused-ring (bicyclic) bond motifs is 1. The fourth-order valence-electron chi connectivity index (χ4n) is 2.20. The van der Waals surface area contributed by atoms with Gasteiger partial charge in [-0.25, -0.2) is 4.39 Å². The molecule has 82 valence electrons. The Bertz CT molecular complexity index is 576. The maximum absolute atomic E-state index is 13.8. The highest BCUT2D eigenvalue weighted by Gasteiger charge is 2.29. The normalized spacial score (nSPS) is 15.6. The standard InChI is InChI=1S/C13H11FOS/c14-10-4-3-8-5-9(15)6-11(16)13(8)12(10)7-1-2-7/h3-7,15-16H,1-2H2. The predicted molar refractivity (Wildman–Crippen MR) is 64.8 cm³/mol. The SMILES string of the molecule is Oc1cc(S)c2c(C3CC3)c(F)ccc2c1. The van der Waals surface area contributed by atoms with Crippen LogP contribution >= 0.6 is 12.6 Å². The largest absolute Gasteiger partial charge is 0.508 e. The highest BCUT2D eigenvalue weighted by molar-refractivity contribution is 7.80. The van der Waals surface area contributed by atoms with Gasteiger partial charge >= 0.3 is 0 Å². The summed E-state index contributed by atoms with van der Waals surface area (Å²) in [5, 5.41) is 11.2. The van der Waals surface area contributed by atoms with Gasteiger partial charge in [0.15, 0.2) is 0 Å². The fraction of sp³-hybridized carbons (Fsp3) is 0.231. The Kier molecular flexibility index (Phi) is 2.11. The Labute approximate surface area is 98.3 Å². The van der Waals surface area contributed by atoms with Gasteiger partial charge < -0.3 is 5.11 Å². The van der Waals surface area contributed by atoms with E-state index >= 15 is 0 Å². The van der Waals surface area contributed by atoms with Crippen molar-refractivity contribution in [1.29, 1.82) is 0 Å². The molecule has 2 aromatic carbocycles. The first-order valence-corrected chi connectivity index (χ1v) is 5.75. The van der Waals surface area contributed by atoms with Crippen molar-refractivity contribution in [3.63, 3.8) is 0 Å². The Hall–Kier alpha value is -1.22. The second-order valence-corrected chi connectivity index (χ2v) is 4.78. The molecule has 16 heavy (non-hydrogen) atoms. The van der Waals surface area contributed by atoms with Crippen LogP contribution in [0.5, 0.6) is 5.75 Å².